The molecular weight excluding hydrogens is 333 g/mol. The minimum atomic E-state index is -0.538. The van der Waals surface area contributed by atoms with Gasteiger partial charge in [0.1, 0.15) is 18.2 Å². The summed E-state index contributed by atoms with van der Waals surface area (Å²) in [5.41, 5.74) is 0.449. The van der Waals surface area contributed by atoms with Crippen LogP contribution in [0.5, 0.6) is 5.75 Å². The average Bonchev–Trinajstić information content (AvgIpc) is 3.10. The lowest BCUT2D eigenvalue weighted by Gasteiger charge is -2.12. The first-order valence-corrected chi connectivity index (χ1v) is 8.10. The Bertz CT molecular complexity index is 715. The highest BCUT2D eigenvalue weighted by molar-refractivity contribution is 6.31. The number of rotatable bonds is 5. The van der Waals surface area contributed by atoms with Crippen molar-refractivity contribution in [3.63, 3.8) is 0 Å². The molecule has 0 aromatic heterocycles. The van der Waals surface area contributed by atoms with Crippen LogP contribution in [0.4, 0.5) is 10.1 Å². The minimum absolute atomic E-state index is 0.0474. The van der Waals surface area contributed by atoms with Crippen molar-refractivity contribution in [1.82, 2.24) is 0 Å². The lowest BCUT2D eigenvalue weighted by atomic mass is 10.2. The Balaban J connectivity index is 1.59. The molecule has 1 heterocycles. The van der Waals surface area contributed by atoms with E-state index >= 15 is 0 Å². The average molecular weight is 350 g/mol. The number of carbonyl (C=O) groups is 1. The van der Waals surface area contributed by atoms with Crippen LogP contribution in [-0.4, -0.2) is 25.2 Å². The zero-order chi connectivity index (χ0) is 16.9. The van der Waals surface area contributed by atoms with E-state index in [1.165, 1.54) is 18.2 Å². The van der Waals surface area contributed by atoms with Crippen LogP contribution in [0.3, 0.4) is 0 Å². The molecule has 0 bridgehead atoms. The van der Waals surface area contributed by atoms with E-state index in [0.29, 0.717) is 22.9 Å². The molecule has 1 amide bonds. The number of benzene rings is 2. The van der Waals surface area contributed by atoms with Crippen LogP contribution in [0.2, 0.25) is 5.02 Å². The molecule has 0 saturated carbocycles. The molecule has 0 spiro atoms. The topological polar surface area (TPSA) is 47.6 Å². The van der Waals surface area contributed by atoms with Crippen LogP contribution < -0.4 is 10.1 Å². The second kappa shape index (κ2) is 7.64. The van der Waals surface area contributed by atoms with Gasteiger partial charge < -0.3 is 14.8 Å². The monoisotopic (exact) mass is 349 g/mol. The van der Waals surface area contributed by atoms with Gasteiger partial charge in [-0.05, 0) is 55.3 Å². The van der Waals surface area contributed by atoms with Gasteiger partial charge in [0, 0.05) is 17.2 Å². The summed E-state index contributed by atoms with van der Waals surface area (Å²) in [6.07, 6.45) is 2.21. The highest BCUT2D eigenvalue weighted by atomic mass is 35.5. The normalized spacial score (nSPS) is 16.8. The Morgan fingerprint density at radius 2 is 2.08 bits per heavy atom. The maximum atomic E-state index is 13.7. The fourth-order valence-electron chi connectivity index (χ4n) is 2.46. The molecule has 1 atom stereocenters. The maximum absolute atomic E-state index is 13.7. The number of anilines is 1. The molecule has 1 N–H and O–H groups in total. The first-order chi connectivity index (χ1) is 11.6. The summed E-state index contributed by atoms with van der Waals surface area (Å²) in [5, 5.41) is 2.86. The Morgan fingerprint density at radius 1 is 1.29 bits per heavy atom. The quantitative estimate of drug-likeness (QED) is 0.876. The van der Waals surface area contributed by atoms with E-state index in [-0.39, 0.29) is 11.8 Å². The van der Waals surface area contributed by atoms with Gasteiger partial charge in [0.25, 0.3) is 5.91 Å². The first kappa shape index (κ1) is 16.7. The molecule has 2 aromatic rings. The van der Waals surface area contributed by atoms with Crippen molar-refractivity contribution < 1.29 is 18.7 Å². The predicted octanol–water partition coefficient (Wildman–Crippen LogP) is 4.29. The highest BCUT2D eigenvalue weighted by Gasteiger charge is 2.16. The molecule has 1 saturated heterocycles. The number of ether oxygens (including phenoxy) is 2. The van der Waals surface area contributed by atoms with E-state index in [1.54, 1.807) is 24.3 Å². The van der Waals surface area contributed by atoms with E-state index in [1.807, 2.05) is 0 Å². The molecule has 3 rings (SSSR count). The second-order valence-electron chi connectivity index (χ2n) is 5.55. The van der Waals surface area contributed by atoms with Crippen molar-refractivity contribution in [3.05, 3.63) is 58.9 Å². The molecule has 0 radical (unpaired) electrons. The summed E-state index contributed by atoms with van der Waals surface area (Å²) in [7, 11) is 0. The Kier molecular flexibility index (Phi) is 5.33. The zero-order valence-corrected chi connectivity index (χ0v) is 13.7. The van der Waals surface area contributed by atoms with E-state index in [4.69, 9.17) is 21.1 Å². The van der Waals surface area contributed by atoms with Gasteiger partial charge in [-0.15, -0.1) is 0 Å². The van der Waals surface area contributed by atoms with Crippen molar-refractivity contribution in [1.29, 1.82) is 0 Å². The summed E-state index contributed by atoms with van der Waals surface area (Å²) < 4.78 is 24.8. The SMILES string of the molecule is O=C(Nc1cc(Cl)ccc1F)c1ccc(OCC2CCCO2)cc1. The van der Waals surface area contributed by atoms with E-state index in [0.717, 1.165) is 19.4 Å². The number of carbonyl (C=O) groups excluding carboxylic acids is 1. The van der Waals surface area contributed by atoms with Crippen molar-refractivity contribution in [2.75, 3.05) is 18.5 Å². The molecular formula is C18H17ClFNO3. The number of hydrogen-bond donors (Lipinski definition) is 1. The van der Waals surface area contributed by atoms with Crippen LogP contribution in [0, 0.1) is 5.82 Å². The molecule has 1 aliphatic heterocycles. The van der Waals surface area contributed by atoms with Gasteiger partial charge in [-0.2, -0.15) is 0 Å². The molecule has 1 fully saturated rings. The molecule has 4 nitrogen and oxygen atoms in total. The van der Waals surface area contributed by atoms with Gasteiger partial charge in [-0.25, -0.2) is 4.39 Å². The fourth-order valence-corrected chi connectivity index (χ4v) is 2.63. The van der Waals surface area contributed by atoms with E-state index < -0.39 is 11.7 Å². The summed E-state index contributed by atoms with van der Waals surface area (Å²) in [4.78, 5) is 12.2. The van der Waals surface area contributed by atoms with Gasteiger partial charge in [0.05, 0.1) is 11.8 Å². The van der Waals surface area contributed by atoms with Gasteiger partial charge in [0.15, 0.2) is 0 Å². The first-order valence-electron chi connectivity index (χ1n) is 7.73. The number of hydrogen-bond acceptors (Lipinski definition) is 3. The molecule has 2 aromatic carbocycles. The smallest absolute Gasteiger partial charge is 0.255 e. The van der Waals surface area contributed by atoms with Crippen LogP contribution in [0.15, 0.2) is 42.5 Å². The molecule has 1 aliphatic rings. The summed E-state index contributed by atoms with van der Waals surface area (Å²) in [6.45, 7) is 1.28. The zero-order valence-electron chi connectivity index (χ0n) is 12.9. The Hall–Kier alpha value is -2.11. The molecule has 0 aliphatic carbocycles. The maximum Gasteiger partial charge on any atom is 0.255 e. The van der Waals surface area contributed by atoms with Gasteiger partial charge >= 0.3 is 0 Å². The van der Waals surface area contributed by atoms with E-state index in [9.17, 15) is 9.18 Å². The highest BCUT2D eigenvalue weighted by Crippen LogP contribution is 2.21. The van der Waals surface area contributed by atoms with Crippen molar-refractivity contribution >= 4 is 23.2 Å². The summed E-state index contributed by atoms with van der Waals surface area (Å²) >= 11 is 5.81. The third-order valence-corrected chi connectivity index (χ3v) is 3.99. The molecule has 24 heavy (non-hydrogen) atoms. The van der Waals surface area contributed by atoms with Gasteiger partial charge in [-0.3, -0.25) is 4.79 Å². The number of nitrogens with one attached hydrogen (secondary N) is 1. The van der Waals surface area contributed by atoms with Gasteiger partial charge in [0.2, 0.25) is 0 Å². The third-order valence-electron chi connectivity index (χ3n) is 3.75. The molecule has 1 unspecified atom stereocenters. The Labute approximate surface area is 144 Å². The van der Waals surface area contributed by atoms with Crippen LogP contribution in [-0.2, 0) is 4.74 Å². The van der Waals surface area contributed by atoms with E-state index in [2.05, 4.69) is 5.32 Å². The largest absolute Gasteiger partial charge is 0.491 e. The fraction of sp³-hybridized carbons (Fsp3) is 0.278. The van der Waals surface area contributed by atoms with Crippen LogP contribution in [0.1, 0.15) is 23.2 Å². The van der Waals surface area contributed by atoms with Crippen molar-refractivity contribution in [3.8, 4) is 5.75 Å². The van der Waals surface area contributed by atoms with Crippen molar-refractivity contribution in [2.45, 2.75) is 18.9 Å². The standard InChI is InChI=1S/C18H17ClFNO3/c19-13-5-8-16(20)17(10-13)21-18(22)12-3-6-14(7-4-12)24-11-15-2-1-9-23-15/h3-8,10,15H,1-2,9,11H2,(H,21,22). The van der Waals surface area contributed by atoms with Crippen LogP contribution >= 0.6 is 11.6 Å². The third kappa shape index (κ3) is 4.24. The summed E-state index contributed by atoms with van der Waals surface area (Å²) in [5.74, 6) is -0.290. The van der Waals surface area contributed by atoms with Crippen LogP contribution in [0.25, 0.3) is 0 Å². The summed E-state index contributed by atoms with van der Waals surface area (Å²) in [6, 6.07) is 10.7. The number of halogens is 2. The Morgan fingerprint density at radius 3 is 2.79 bits per heavy atom. The number of amides is 1. The lowest BCUT2D eigenvalue weighted by Crippen LogP contribution is -2.16. The minimum Gasteiger partial charge on any atom is -0.491 e. The predicted molar refractivity (Wildman–Crippen MR) is 90.3 cm³/mol. The molecule has 126 valence electrons. The second-order valence-corrected chi connectivity index (χ2v) is 5.99. The van der Waals surface area contributed by atoms with Gasteiger partial charge in [-0.1, -0.05) is 11.6 Å². The lowest BCUT2D eigenvalue weighted by molar-refractivity contribution is 0.0679. The van der Waals surface area contributed by atoms with Crippen molar-refractivity contribution in [2.24, 2.45) is 0 Å². The molecule has 6 heteroatoms.